The molecule has 51 heavy (non-hydrogen) atoms. The fourth-order valence-corrected chi connectivity index (χ4v) is 6.62. The van der Waals surface area contributed by atoms with Gasteiger partial charge in [0.2, 0.25) is 17.5 Å². The first kappa shape index (κ1) is 37.1. The minimum Gasteiger partial charge on any atom is -0.463 e. The Morgan fingerprint density at radius 2 is 1.41 bits per heavy atom. The van der Waals surface area contributed by atoms with Gasteiger partial charge in [-0.2, -0.15) is 0 Å². The Morgan fingerprint density at radius 3 is 2.08 bits per heavy atom. The summed E-state index contributed by atoms with van der Waals surface area (Å²) in [4.78, 5) is 69.2. The Balaban J connectivity index is 1.10. The molecule has 2 atom stereocenters. The monoisotopic (exact) mass is 696 g/mol. The zero-order valence-corrected chi connectivity index (χ0v) is 29.5. The highest BCUT2D eigenvalue weighted by Gasteiger charge is 2.41. The molecule has 0 bridgehead atoms. The van der Waals surface area contributed by atoms with Gasteiger partial charge in [0, 0.05) is 38.2 Å². The lowest BCUT2D eigenvalue weighted by Crippen LogP contribution is -2.65. The number of benzene rings is 3. The van der Waals surface area contributed by atoms with Crippen molar-refractivity contribution in [2.45, 2.75) is 64.6 Å². The summed E-state index contributed by atoms with van der Waals surface area (Å²) in [7, 11) is 0. The Hall–Kier alpha value is -5.19. The molecule has 2 N–H and O–H groups in total. The first-order valence-electron chi connectivity index (χ1n) is 17.9. The predicted octanol–water partition coefficient (Wildman–Crippen LogP) is 5.55. The standard InChI is InChI=1S/C40H48N4O7/c1-3-50-38(48)40(2,41-36(46)33-19-17-32(18-20-33)31-13-8-5-9-14-31)42-37(47)34-15-10-24-44(27-34)35(45)21-16-29-22-25-43(26-23-29)39(49)51-28-30-11-6-4-7-12-30/h4-9,11-14,17-20,29,34H,3,10,15-16,21-28H2,1-2H3,(H,41,46)(H,42,47)/t34-,40+/m1/s1. The molecule has 0 aromatic heterocycles. The van der Waals surface area contributed by atoms with Crippen molar-refractivity contribution in [2.75, 3.05) is 32.8 Å². The minimum absolute atomic E-state index is 0.0161. The lowest BCUT2D eigenvalue weighted by molar-refractivity contribution is -0.154. The number of carbonyl (C=O) groups is 5. The maximum absolute atomic E-state index is 13.6. The number of piperidine rings is 2. The largest absolute Gasteiger partial charge is 0.463 e. The van der Waals surface area contributed by atoms with Crippen molar-refractivity contribution in [3.8, 4) is 11.1 Å². The molecule has 11 nitrogen and oxygen atoms in total. The molecule has 2 saturated heterocycles. The Labute approximate surface area is 299 Å². The van der Waals surface area contributed by atoms with Crippen molar-refractivity contribution in [2.24, 2.45) is 11.8 Å². The van der Waals surface area contributed by atoms with Gasteiger partial charge >= 0.3 is 12.1 Å². The summed E-state index contributed by atoms with van der Waals surface area (Å²) in [5.74, 6) is -2.01. The topological polar surface area (TPSA) is 134 Å². The van der Waals surface area contributed by atoms with Gasteiger partial charge in [0.1, 0.15) is 6.61 Å². The lowest BCUT2D eigenvalue weighted by Gasteiger charge is -2.36. The third kappa shape index (κ3) is 10.2. The number of hydrogen-bond donors (Lipinski definition) is 2. The fourth-order valence-electron chi connectivity index (χ4n) is 6.62. The molecule has 270 valence electrons. The fraction of sp³-hybridized carbons (Fsp3) is 0.425. The van der Waals surface area contributed by atoms with Crippen LogP contribution in [0.3, 0.4) is 0 Å². The van der Waals surface area contributed by atoms with Crippen molar-refractivity contribution >= 4 is 29.8 Å². The van der Waals surface area contributed by atoms with Crippen LogP contribution < -0.4 is 10.6 Å². The van der Waals surface area contributed by atoms with Crippen LogP contribution in [0.4, 0.5) is 4.79 Å². The van der Waals surface area contributed by atoms with Crippen LogP contribution in [0.1, 0.15) is 68.3 Å². The number of ether oxygens (including phenoxy) is 2. The summed E-state index contributed by atoms with van der Waals surface area (Å²) in [5, 5.41) is 5.41. The molecular weight excluding hydrogens is 648 g/mol. The number of rotatable bonds is 12. The second-order valence-corrected chi connectivity index (χ2v) is 13.4. The highest BCUT2D eigenvalue weighted by atomic mass is 16.6. The molecule has 2 fully saturated rings. The molecule has 3 aromatic rings. The van der Waals surface area contributed by atoms with E-state index in [1.54, 1.807) is 28.9 Å². The van der Waals surface area contributed by atoms with E-state index < -0.39 is 29.4 Å². The molecule has 0 aliphatic carbocycles. The maximum Gasteiger partial charge on any atom is 0.410 e. The number of carbonyl (C=O) groups excluding carboxylic acids is 5. The van der Waals surface area contributed by atoms with Crippen LogP contribution in [0.15, 0.2) is 84.9 Å². The van der Waals surface area contributed by atoms with Gasteiger partial charge in [-0.3, -0.25) is 14.4 Å². The maximum atomic E-state index is 13.6. The van der Waals surface area contributed by atoms with Gasteiger partial charge < -0.3 is 29.9 Å². The third-order valence-electron chi connectivity index (χ3n) is 9.66. The quantitative estimate of drug-likeness (QED) is 0.188. The SMILES string of the molecule is CCOC(=O)[C@@](C)(NC(=O)c1ccc(-c2ccccc2)cc1)NC(=O)[C@@H]1CCCN(C(=O)CCC2CCN(C(=O)OCc3ccccc3)CC2)C1. The third-order valence-corrected chi connectivity index (χ3v) is 9.66. The Bertz CT molecular complexity index is 1640. The molecule has 0 radical (unpaired) electrons. The molecule has 5 rings (SSSR count). The van der Waals surface area contributed by atoms with E-state index in [-0.39, 0.29) is 31.8 Å². The molecule has 11 heteroatoms. The molecule has 2 heterocycles. The zero-order chi connectivity index (χ0) is 36.2. The molecular formula is C40H48N4O7. The van der Waals surface area contributed by atoms with E-state index in [9.17, 15) is 24.0 Å². The normalized spacial score (nSPS) is 17.5. The second kappa shape index (κ2) is 17.6. The number of hydrogen-bond acceptors (Lipinski definition) is 7. The van der Waals surface area contributed by atoms with Gasteiger partial charge in [-0.15, -0.1) is 0 Å². The predicted molar refractivity (Wildman–Crippen MR) is 192 cm³/mol. The van der Waals surface area contributed by atoms with Crippen LogP contribution in [0.5, 0.6) is 0 Å². The number of nitrogens with one attached hydrogen (secondary N) is 2. The summed E-state index contributed by atoms with van der Waals surface area (Å²) >= 11 is 0. The van der Waals surface area contributed by atoms with E-state index in [2.05, 4.69) is 10.6 Å². The average Bonchev–Trinajstić information content (AvgIpc) is 3.17. The Kier molecular flexibility index (Phi) is 12.8. The van der Waals surface area contributed by atoms with E-state index in [1.165, 1.54) is 6.92 Å². The molecule has 2 aliphatic heterocycles. The second-order valence-electron chi connectivity index (χ2n) is 13.4. The van der Waals surface area contributed by atoms with Gasteiger partial charge in [-0.05, 0) is 80.7 Å². The molecule has 3 aromatic carbocycles. The van der Waals surface area contributed by atoms with Crippen molar-refractivity contribution in [3.05, 3.63) is 96.1 Å². The van der Waals surface area contributed by atoms with Crippen molar-refractivity contribution in [1.29, 1.82) is 0 Å². The molecule has 0 spiro atoms. The van der Waals surface area contributed by atoms with Crippen LogP contribution in [0.2, 0.25) is 0 Å². The average molecular weight is 697 g/mol. The van der Waals surface area contributed by atoms with Gasteiger partial charge in [0.25, 0.3) is 5.91 Å². The number of nitrogens with zero attached hydrogens (tertiary/aromatic N) is 2. The molecule has 0 saturated carbocycles. The van der Waals surface area contributed by atoms with Crippen molar-refractivity contribution in [1.82, 2.24) is 20.4 Å². The summed E-state index contributed by atoms with van der Waals surface area (Å²) in [6.45, 7) is 5.33. The van der Waals surface area contributed by atoms with Crippen LogP contribution in [-0.2, 0) is 30.5 Å². The van der Waals surface area contributed by atoms with E-state index in [1.807, 2.05) is 72.8 Å². The number of amides is 4. The Morgan fingerprint density at radius 1 is 0.765 bits per heavy atom. The van der Waals surface area contributed by atoms with Crippen LogP contribution in [0, 0.1) is 11.8 Å². The van der Waals surface area contributed by atoms with E-state index in [4.69, 9.17) is 9.47 Å². The van der Waals surface area contributed by atoms with E-state index in [0.717, 1.165) is 29.5 Å². The highest BCUT2D eigenvalue weighted by molar-refractivity contribution is 5.99. The van der Waals surface area contributed by atoms with Crippen LogP contribution >= 0.6 is 0 Å². The van der Waals surface area contributed by atoms with Gasteiger partial charge in [-0.1, -0.05) is 72.8 Å². The van der Waals surface area contributed by atoms with Crippen molar-refractivity contribution < 1.29 is 33.4 Å². The van der Waals surface area contributed by atoms with Crippen LogP contribution in [-0.4, -0.2) is 78.0 Å². The number of likely N-dealkylation sites (tertiary alicyclic amines) is 2. The lowest BCUT2D eigenvalue weighted by atomic mass is 9.91. The summed E-state index contributed by atoms with van der Waals surface area (Å²) in [5.41, 5.74) is 1.39. The number of esters is 1. The van der Waals surface area contributed by atoms with Gasteiger partial charge in [0.05, 0.1) is 12.5 Å². The van der Waals surface area contributed by atoms with Crippen LogP contribution in [0.25, 0.3) is 11.1 Å². The first-order chi connectivity index (χ1) is 24.6. The summed E-state index contributed by atoms with van der Waals surface area (Å²) < 4.78 is 10.7. The molecule has 2 aliphatic rings. The van der Waals surface area contributed by atoms with Gasteiger partial charge in [0.15, 0.2) is 0 Å². The van der Waals surface area contributed by atoms with E-state index >= 15 is 0 Å². The van der Waals surface area contributed by atoms with E-state index in [0.29, 0.717) is 56.8 Å². The summed E-state index contributed by atoms with van der Waals surface area (Å²) in [6.07, 6.45) is 3.53. The van der Waals surface area contributed by atoms with Gasteiger partial charge in [-0.25, -0.2) is 9.59 Å². The first-order valence-corrected chi connectivity index (χ1v) is 17.9. The molecule has 0 unspecified atom stereocenters. The minimum atomic E-state index is -1.82. The molecule has 4 amide bonds. The zero-order valence-electron chi connectivity index (χ0n) is 29.5. The summed E-state index contributed by atoms with van der Waals surface area (Å²) in [6, 6.07) is 26.3. The highest BCUT2D eigenvalue weighted by Crippen LogP contribution is 2.25. The van der Waals surface area contributed by atoms with Crippen molar-refractivity contribution in [3.63, 3.8) is 0 Å². The smallest absolute Gasteiger partial charge is 0.410 e.